The van der Waals surface area contributed by atoms with Crippen LogP contribution in [0, 0.1) is 0 Å². The van der Waals surface area contributed by atoms with Gasteiger partial charge in [-0.25, -0.2) is 0 Å². The molecule has 3 aliphatic heterocycles. The molecule has 3 rings (SSSR count). The van der Waals surface area contributed by atoms with Crippen LogP contribution in [-0.4, -0.2) is 153 Å². The number of carbonyl (C=O) groups is 1. The Bertz CT molecular complexity index is 1000. The zero-order chi connectivity index (χ0) is 38.9. The predicted molar refractivity (Wildman–Crippen MR) is 191 cm³/mol. The summed E-state index contributed by atoms with van der Waals surface area (Å²) in [6.45, 7) is 0.189. The first kappa shape index (κ1) is 46.3. The summed E-state index contributed by atoms with van der Waals surface area (Å²) in [5.41, 5.74) is 18.5. The molecule has 0 bridgehead atoms. The number of hydrogen-bond acceptors (Lipinski definition) is 17. The summed E-state index contributed by atoms with van der Waals surface area (Å²) in [4.78, 5) is 13.0. The number of esters is 1. The molecule has 3 heterocycles. The molecule has 17 heteroatoms. The molecule has 0 aromatic carbocycles. The molecule has 0 aliphatic carbocycles. The third-order valence-electron chi connectivity index (χ3n) is 10.6. The zero-order valence-corrected chi connectivity index (χ0v) is 31.3. The maximum atomic E-state index is 13.0. The lowest BCUT2D eigenvalue weighted by molar-refractivity contribution is -0.348. The fourth-order valence-electron chi connectivity index (χ4n) is 7.16. The minimum absolute atomic E-state index is 0.104. The Morgan fingerprint density at radius 3 is 1.47 bits per heavy atom. The van der Waals surface area contributed by atoms with Gasteiger partial charge in [0.25, 0.3) is 0 Å². The van der Waals surface area contributed by atoms with Gasteiger partial charge >= 0.3 is 5.97 Å². The first-order valence-electron chi connectivity index (χ1n) is 19.8. The molecule has 0 amide bonds. The number of hydrogen-bond donors (Lipinski definition) is 10. The van der Waals surface area contributed by atoms with Crippen molar-refractivity contribution in [2.24, 2.45) is 17.2 Å². The van der Waals surface area contributed by atoms with Gasteiger partial charge in [0.05, 0.1) is 37.9 Å². The van der Waals surface area contributed by atoms with Gasteiger partial charge in [-0.1, -0.05) is 96.8 Å². The van der Waals surface area contributed by atoms with E-state index in [1.54, 1.807) is 0 Å². The van der Waals surface area contributed by atoms with Crippen molar-refractivity contribution in [1.29, 1.82) is 0 Å². The van der Waals surface area contributed by atoms with Crippen LogP contribution in [0.4, 0.5) is 0 Å². The molecule has 0 saturated carbocycles. The van der Waals surface area contributed by atoms with E-state index in [-0.39, 0.29) is 6.42 Å². The smallest absolute Gasteiger partial charge is 0.306 e. The number of rotatable bonds is 24. The maximum Gasteiger partial charge on any atom is 0.306 e. The molecule has 3 aliphatic rings. The normalized spacial score (nSPS) is 37.8. The highest BCUT2D eigenvalue weighted by Gasteiger charge is 2.53. The third-order valence-corrected chi connectivity index (χ3v) is 10.6. The van der Waals surface area contributed by atoms with Gasteiger partial charge in [0.15, 0.2) is 25.0 Å². The Morgan fingerprint density at radius 2 is 0.962 bits per heavy atom. The monoisotopic (exact) mass is 767 g/mol. The highest BCUT2D eigenvalue weighted by atomic mass is 16.7. The van der Waals surface area contributed by atoms with Gasteiger partial charge in [0.1, 0.15) is 48.8 Å². The summed E-state index contributed by atoms with van der Waals surface area (Å²) in [5.74, 6) is -0.576. The van der Waals surface area contributed by atoms with E-state index in [0.717, 1.165) is 19.3 Å². The molecule has 3 saturated heterocycles. The van der Waals surface area contributed by atoms with E-state index in [0.29, 0.717) is 6.42 Å². The minimum atomic E-state index is -1.60. The summed E-state index contributed by atoms with van der Waals surface area (Å²) < 4.78 is 34.3. The topological polar surface area (TPSA) is 292 Å². The van der Waals surface area contributed by atoms with Crippen molar-refractivity contribution in [3.05, 3.63) is 0 Å². The molecule has 2 unspecified atom stereocenters. The van der Waals surface area contributed by atoms with Crippen LogP contribution < -0.4 is 17.2 Å². The molecule has 13 N–H and O–H groups in total. The van der Waals surface area contributed by atoms with Gasteiger partial charge in [0, 0.05) is 6.42 Å². The van der Waals surface area contributed by atoms with E-state index in [2.05, 4.69) is 6.92 Å². The van der Waals surface area contributed by atoms with Crippen LogP contribution in [-0.2, 0) is 33.2 Å². The van der Waals surface area contributed by atoms with E-state index in [9.17, 15) is 40.5 Å². The Labute approximate surface area is 313 Å². The lowest BCUT2D eigenvalue weighted by Crippen LogP contribution is -2.69. The first-order chi connectivity index (χ1) is 25.5. The largest absolute Gasteiger partial charge is 0.458 e. The van der Waals surface area contributed by atoms with Crippen LogP contribution in [0.2, 0.25) is 0 Å². The van der Waals surface area contributed by atoms with Crippen molar-refractivity contribution in [2.45, 2.75) is 202 Å². The average Bonchev–Trinajstić information content (AvgIpc) is 3.15. The van der Waals surface area contributed by atoms with Crippen molar-refractivity contribution >= 4 is 5.97 Å². The number of unbranched alkanes of at least 4 members (excludes halogenated alkanes) is 14. The minimum Gasteiger partial charge on any atom is -0.458 e. The molecule has 312 valence electrons. The molecule has 0 aromatic heterocycles. The van der Waals surface area contributed by atoms with E-state index in [4.69, 9.17) is 45.6 Å². The summed E-state index contributed by atoms with van der Waals surface area (Å²) in [7, 11) is 0. The Kier molecular flexibility index (Phi) is 21.4. The van der Waals surface area contributed by atoms with Crippen molar-refractivity contribution < 1.29 is 69.0 Å². The number of ether oxygens (including phenoxy) is 6. The Balaban J connectivity index is 1.48. The van der Waals surface area contributed by atoms with Gasteiger partial charge in [-0.3, -0.25) is 4.79 Å². The van der Waals surface area contributed by atoms with Gasteiger partial charge in [-0.2, -0.15) is 0 Å². The summed E-state index contributed by atoms with van der Waals surface area (Å²) in [6.07, 6.45) is 0.973. The van der Waals surface area contributed by atoms with Crippen LogP contribution in [0.1, 0.15) is 110 Å². The number of aliphatic hydroxyl groups is 7. The molecule has 3 fully saturated rings. The van der Waals surface area contributed by atoms with E-state index in [1.165, 1.54) is 70.6 Å². The van der Waals surface area contributed by atoms with Crippen molar-refractivity contribution in [3.8, 4) is 0 Å². The third kappa shape index (κ3) is 13.8. The second-order valence-electron chi connectivity index (χ2n) is 14.8. The van der Waals surface area contributed by atoms with Gasteiger partial charge in [-0.15, -0.1) is 0 Å². The quantitative estimate of drug-likeness (QED) is 0.0422. The lowest BCUT2D eigenvalue weighted by atomic mass is 9.94. The number of aliphatic hydroxyl groups excluding tert-OH is 7. The fourth-order valence-corrected chi connectivity index (χ4v) is 7.16. The molecule has 53 heavy (non-hydrogen) atoms. The van der Waals surface area contributed by atoms with Crippen LogP contribution in [0.15, 0.2) is 0 Å². The summed E-state index contributed by atoms with van der Waals surface area (Å²) in [5, 5.41) is 71.8. The molecule has 0 aromatic rings. The van der Waals surface area contributed by atoms with Crippen LogP contribution in [0.25, 0.3) is 0 Å². The van der Waals surface area contributed by atoms with Crippen molar-refractivity contribution in [1.82, 2.24) is 0 Å². The van der Waals surface area contributed by atoms with Crippen LogP contribution in [0.5, 0.6) is 0 Å². The standard InChI is InChI=1S/C36H69N3O14/c1-2-3-4-5-6-7-8-9-10-11-12-13-14-15-16-17-24(43)51-33-27(39)34(47)48-23(20-42)32(33)53-36-26(38)30(46)31(22(19-41)50-36)52-35-25(37)29(45)28(44)21(18-40)49-35/h21-23,25-36,40-42,44-47H,2-20,37-39H2,1H3/t21-,22-,23-,25-,26-,27-,28-,29-,30-,31?,32?,33-,34-,35+,36+/m1/s1. The van der Waals surface area contributed by atoms with Gasteiger partial charge < -0.3 is 81.4 Å². The SMILES string of the molecule is CCCCCCCCCCCCCCCCCC(=O)O[C@H]1C(O[C@@H]2O[C@H](CO)C(O[C@@H]3O[C@H](CO)[C@@H](O)[C@H](O)[C@H]3N)[C@H](O)[C@H]2N)[C@@H](CO)O[C@@H](O)[C@@H]1N. The van der Waals surface area contributed by atoms with Crippen molar-refractivity contribution in [2.75, 3.05) is 19.8 Å². The Morgan fingerprint density at radius 1 is 0.528 bits per heavy atom. The number of nitrogens with two attached hydrogens (primary N) is 3. The predicted octanol–water partition coefficient (Wildman–Crippen LogP) is -0.861. The molecule has 0 spiro atoms. The summed E-state index contributed by atoms with van der Waals surface area (Å²) >= 11 is 0. The molecule has 15 atom stereocenters. The van der Waals surface area contributed by atoms with Crippen LogP contribution in [0.3, 0.4) is 0 Å². The molecule has 17 nitrogen and oxygen atoms in total. The second kappa shape index (κ2) is 24.5. The molecular weight excluding hydrogens is 698 g/mol. The lowest BCUT2D eigenvalue weighted by Gasteiger charge is -2.48. The highest BCUT2D eigenvalue weighted by Crippen LogP contribution is 2.32. The van der Waals surface area contributed by atoms with E-state index >= 15 is 0 Å². The second-order valence-corrected chi connectivity index (χ2v) is 14.8. The fraction of sp³-hybridized carbons (Fsp3) is 0.972. The van der Waals surface area contributed by atoms with Crippen LogP contribution >= 0.6 is 0 Å². The molecular formula is C36H69N3O14. The highest BCUT2D eigenvalue weighted by molar-refractivity contribution is 5.69. The first-order valence-corrected chi connectivity index (χ1v) is 19.8. The maximum absolute atomic E-state index is 13.0. The average molecular weight is 768 g/mol. The van der Waals surface area contributed by atoms with Crippen molar-refractivity contribution in [3.63, 3.8) is 0 Å². The Hall–Kier alpha value is -1.13. The number of carbonyl (C=O) groups excluding carboxylic acids is 1. The summed E-state index contributed by atoms with van der Waals surface area (Å²) in [6, 6.07) is -3.94. The van der Waals surface area contributed by atoms with E-state index in [1.807, 2.05) is 0 Å². The van der Waals surface area contributed by atoms with E-state index < -0.39 is 118 Å². The molecule has 0 radical (unpaired) electrons. The van der Waals surface area contributed by atoms with Gasteiger partial charge in [0.2, 0.25) is 0 Å². The van der Waals surface area contributed by atoms with Gasteiger partial charge in [-0.05, 0) is 6.42 Å². The zero-order valence-electron chi connectivity index (χ0n) is 31.3.